The number of hydrogen-bond donors (Lipinski definition) is 0. The van der Waals surface area contributed by atoms with Crippen LogP contribution in [0.1, 0.15) is 25.3 Å². The second kappa shape index (κ2) is 9.08. The molecule has 32 heavy (non-hydrogen) atoms. The molecule has 1 aromatic heterocycles. The van der Waals surface area contributed by atoms with Gasteiger partial charge in [-0.1, -0.05) is 23.2 Å². The van der Waals surface area contributed by atoms with Crippen molar-refractivity contribution in [2.24, 2.45) is 5.92 Å². The van der Waals surface area contributed by atoms with Gasteiger partial charge in [-0.05, 0) is 63.1 Å². The Morgan fingerprint density at radius 1 is 1.16 bits per heavy atom. The van der Waals surface area contributed by atoms with E-state index in [0.717, 1.165) is 16.5 Å². The highest BCUT2D eigenvalue weighted by molar-refractivity contribution is 7.91. The second-order valence-electron chi connectivity index (χ2n) is 7.96. The van der Waals surface area contributed by atoms with E-state index in [2.05, 4.69) is 9.88 Å². The number of carbonyl (C=O) groups is 1. The Balaban J connectivity index is 1.81. The average Bonchev–Trinajstić information content (AvgIpc) is 2.79. The van der Waals surface area contributed by atoms with Crippen molar-refractivity contribution in [3.05, 3.63) is 59.2 Å². The molecule has 0 bridgehead atoms. The molecule has 8 heteroatoms. The number of fused-ring (bicyclic) bond motifs is 1. The van der Waals surface area contributed by atoms with Crippen LogP contribution in [-0.4, -0.2) is 39.1 Å². The topological polar surface area (TPSA) is 76.6 Å². The van der Waals surface area contributed by atoms with Crippen LogP contribution in [0.4, 0.5) is 5.69 Å². The number of carbonyl (C=O) groups excluding carboxylic acids is 1. The lowest BCUT2D eigenvalue weighted by Crippen LogP contribution is -2.37. The van der Waals surface area contributed by atoms with Crippen LogP contribution in [0.3, 0.4) is 0 Å². The monoisotopic (exact) mass is 472 g/mol. The highest BCUT2D eigenvalue weighted by atomic mass is 35.5. The molecule has 168 valence electrons. The Hall–Kier alpha value is -2.64. The van der Waals surface area contributed by atoms with Crippen LogP contribution in [0.2, 0.25) is 5.02 Å². The number of sulfone groups is 1. The second-order valence-corrected chi connectivity index (χ2v) is 10.3. The molecule has 0 N–H and O–H groups in total. The number of aromatic nitrogens is 1. The minimum absolute atomic E-state index is 0.160. The highest BCUT2D eigenvalue weighted by Crippen LogP contribution is 2.38. The average molecular weight is 473 g/mol. The molecule has 1 saturated heterocycles. The third kappa shape index (κ3) is 4.32. The summed E-state index contributed by atoms with van der Waals surface area (Å²) >= 11 is 5.96. The van der Waals surface area contributed by atoms with E-state index < -0.39 is 9.84 Å². The predicted molar refractivity (Wildman–Crippen MR) is 125 cm³/mol. The standard InChI is InChI=1S/C24H25ClN2O4S/c1-3-31-24(28)17-10-12-27(13-11-17)23-20-14-16(2)4-9-21(20)26-15-22(23)32(29,30)19-7-5-18(25)6-8-19/h4-9,14-15,17H,3,10-13H2,1-2H3. The first-order valence-corrected chi connectivity index (χ1v) is 12.5. The molecule has 4 rings (SSSR count). The van der Waals surface area contributed by atoms with Crippen LogP contribution in [0.25, 0.3) is 10.9 Å². The molecule has 3 aromatic rings. The van der Waals surface area contributed by atoms with Crippen LogP contribution < -0.4 is 4.90 Å². The molecular formula is C24H25ClN2O4S. The van der Waals surface area contributed by atoms with Gasteiger partial charge in [-0.2, -0.15) is 0 Å². The maximum Gasteiger partial charge on any atom is 0.309 e. The molecule has 0 aliphatic carbocycles. The summed E-state index contributed by atoms with van der Waals surface area (Å²) in [6, 6.07) is 12.0. The number of aryl methyl sites for hydroxylation is 1. The predicted octanol–water partition coefficient (Wildman–Crippen LogP) is 4.81. The fraction of sp³-hybridized carbons (Fsp3) is 0.333. The normalized spacial score (nSPS) is 15.2. The van der Waals surface area contributed by atoms with Crippen molar-refractivity contribution in [3.63, 3.8) is 0 Å². The van der Waals surface area contributed by atoms with E-state index in [4.69, 9.17) is 16.3 Å². The van der Waals surface area contributed by atoms with Gasteiger partial charge >= 0.3 is 5.97 Å². The Labute approximate surface area is 193 Å². The largest absolute Gasteiger partial charge is 0.466 e. The van der Waals surface area contributed by atoms with E-state index in [-0.39, 0.29) is 21.7 Å². The van der Waals surface area contributed by atoms with Gasteiger partial charge in [-0.3, -0.25) is 9.78 Å². The van der Waals surface area contributed by atoms with Gasteiger partial charge < -0.3 is 9.64 Å². The molecule has 0 radical (unpaired) electrons. The summed E-state index contributed by atoms with van der Waals surface area (Å²) in [6.45, 7) is 5.24. The van der Waals surface area contributed by atoms with Crippen molar-refractivity contribution in [2.75, 3.05) is 24.6 Å². The fourth-order valence-corrected chi connectivity index (χ4v) is 5.70. The van der Waals surface area contributed by atoms with Crippen molar-refractivity contribution < 1.29 is 17.9 Å². The number of benzene rings is 2. The molecule has 0 spiro atoms. The van der Waals surface area contributed by atoms with Crippen LogP contribution >= 0.6 is 11.6 Å². The SMILES string of the molecule is CCOC(=O)C1CCN(c2c(S(=O)(=O)c3ccc(Cl)cc3)cnc3ccc(C)cc23)CC1. The van der Waals surface area contributed by atoms with Crippen LogP contribution in [0, 0.1) is 12.8 Å². The van der Waals surface area contributed by atoms with Gasteiger partial charge in [-0.15, -0.1) is 0 Å². The number of halogens is 1. The quantitative estimate of drug-likeness (QED) is 0.496. The maximum atomic E-state index is 13.6. The van der Waals surface area contributed by atoms with Crippen molar-refractivity contribution >= 4 is 44.0 Å². The first kappa shape index (κ1) is 22.6. The van der Waals surface area contributed by atoms with E-state index in [9.17, 15) is 13.2 Å². The van der Waals surface area contributed by atoms with Gasteiger partial charge in [0.05, 0.1) is 28.6 Å². The fourth-order valence-electron chi connectivity index (χ4n) is 4.14. The summed E-state index contributed by atoms with van der Waals surface area (Å²) in [5.41, 5.74) is 2.38. The molecule has 1 aliphatic heterocycles. The van der Waals surface area contributed by atoms with E-state index in [1.165, 1.54) is 18.3 Å². The molecule has 0 unspecified atom stereocenters. The first-order valence-electron chi connectivity index (χ1n) is 10.6. The molecular weight excluding hydrogens is 448 g/mol. The maximum absolute atomic E-state index is 13.6. The summed E-state index contributed by atoms with van der Waals surface area (Å²) in [5.74, 6) is -0.353. The molecule has 0 atom stereocenters. The van der Waals surface area contributed by atoms with Gasteiger partial charge in [-0.25, -0.2) is 8.42 Å². The van der Waals surface area contributed by atoms with Crippen LogP contribution in [0.15, 0.2) is 58.5 Å². The highest BCUT2D eigenvalue weighted by Gasteiger charge is 2.31. The van der Waals surface area contributed by atoms with Crippen LogP contribution in [-0.2, 0) is 19.4 Å². The van der Waals surface area contributed by atoms with E-state index in [1.807, 2.05) is 25.1 Å². The van der Waals surface area contributed by atoms with Crippen LogP contribution in [0.5, 0.6) is 0 Å². The zero-order valence-corrected chi connectivity index (χ0v) is 19.6. The number of nitrogens with zero attached hydrogens (tertiary/aromatic N) is 2. The molecule has 2 heterocycles. The van der Waals surface area contributed by atoms with Gasteiger partial charge in [0.15, 0.2) is 0 Å². The van der Waals surface area contributed by atoms with E-state index >= 15 is 0 Å². The van der Waals surface area contributed by atoms with E-state index in [0.29, 0.717) is 43.2 Å². The minimum Gasteiger partial charge on any atom is -0.466 e. The molecule has 0 amide bonds. The lowest BCUT2D eigenvalue weighted by atomic mass is 9.96. The number of piperidine rings is 1. The van der Waals surface area contributed by atoms with Gasteiger partial charge in [0.2, 0.25) is 9.84 Å². The van der Waals surface area contributed by atoms with Crippen molar-refractivity contribution in [3.8, 4) is 0 Å². The Kier molecular flexibility index (Phi) is 6.40. The smallest absolute Gasteiger partial charge is 0.309 e. The molecule has 1 aliphatic rings. The number of anilines is 1. The summed E-state index contributed by atoms with van der Waals surface area (Å²) in [6.07, 6.45) is 2.65. The minimum atomic E-state index is -3.83. The zero-order valence-electron chi connectivity index (χ0n) is 18.0. The third-order valence-corrected chi connectivity index (χ3v) is 7.83. The van der Waals surface area contributed by atoms with E-state index in [1.54, 1.807) is 19.1 Å². The number of rotatable bonds is 5. The van der Waals surface area contributed by atoms with Crippen molar-refractivity contribution in [1.82, 2.24) is 4.98 Å². The summed E-state index contributed by atoms with van der Waals surface area (Å²) in [7, 11) is -3.83. The Morgan fingerprint density at radius 2 is 1.84 bits per heavy atom. The zero-order chi connectivity index (χ0) is 22.9. The number of pyridine rings is 1. The summed E-state index contributed by atoms with van der Waals surface area (Å²) in [5, 5.41) is 1.26. The molecule has 6 nitrogen and oxygen atoms in total. The number of esters is 1. The van der Waals surface area contributed by atoms with Gasteiger partial charge in [0.25, 0.3) is 0 Å². The number of hydrogen-bond acceptors (Lipinski definition) is 6. The van der Waals surface area contributed by atoms with Crippen molar-refractivity contribution in [2.45, 2.75) is 36.5 Å². The Bertz CT molecular complexity index is 1250. The molecule has 2 aromatic carbocycles. The first-order chi connectivity index (χ1) is 15.3. The third-order valence-electron chi connectivity index (χ3n) is 5.81. The summed E-state index contributed by atoms with van der Waals surface area (Å²) in [4.78, 5) is 19.0. The molecule has 0 saturated carbocycles. The van der Waals surface area contributed by atoms with Crippen molar-refractivity contribution in [1.29, 1.82) is 0 Å². The number of ether oxygens (including phenoxy) is 1. The molecule has 1 fully saturated rings. The summed E-state index contributed by atoms with van der Waals surface area (Å²) < 4.78 is 32.4. The van der Waals surface area contributed by atoms with Gasteiger partial charge in [0.1, 0.15) is 4.90 Å². The Morgan fingerprint density at radius 3 is 2.50 bits per heavy atom. The lowest BCUT2D eigenvalue weighted by molar-refractivity contribution is -0.148. The lowest BCUT2D eigenvalue weighted by Gasteiger charge is -2.34. The van der Waals surface area contributed by atoms with Gasteiger partial charge in [0, 0.05) is 29.7 Å².